The Morgan fingerprint density at radius 1 is 1.26 bits per heavy atom. The molecule has 0 aromatic carbocycles. The van der Waals surface area contributed by atoms with Crippen LogP contribution in [0, 0.1) is 0 Å². The van der Waals surface area contributed by atoms with Gasteiger partial charge in [0.1, 0.15) is 13.1 Å². The summed E-state index contributed by atoms with van der Waals surface area (Å²) < 4.78 is 0. The summed E-state index contributed by atoms with van der Waals surface area (Å²) in [6.45, 7) is -0.229. The number of carboxylic acid groups (broad SMARTS) is 1. The first-order valence-electron chi connectivity index (χ1n) is 6.07. The van der Waals surface area contributed by atoms with Crippen molar-refractivity contribution in [2.45, 2.75) is 25.3 Å². The molecule has 1 aliphatic heterocycles. The Kier molecular flexibility index (Phi) is 3.68. The molecule has 8 nitrogen and oxygen atoms in total. The van der Waals surface area contributed by atoms with Crippen LogP contribution in [0.5, 0.6) is 0 Å². The molecule has 8 heteroatoms. The molecule has 1 saturated carbocycles. The summed E-state index contributed by atoms with van der Waals surface area (Å²) in [7, 11) is 0. The van der Waals surface area contributed by atoms with Crippen LogP contribution >= 0.6 is 0 Å². The summed E-state index contributed by atoms with van der Waals surface area (Å²) in [5.41, 5.74) is 0. The van der Waals surface area contributed by atoms with Crippen molar-refractivity contribution in [1.29, 1.82) is 0 Å². The lowest BCUT2D eigenvalue weighted by Gasteiger charge is -2.31. The monoisotopic (exact) mass is 269 g/mol. The Hall–Kier alpha value is -2.12. The summed E-state index contributed by atoms with van der Waals surface area (Å²) in [4.78, 5) is 47.8. The molecule has 2 rings (SSSR count). The Bertz CT molecular complexity index is 416. The van der Waals surface area contributed by atoms with Gasteiger partial charge in [-0.15, -0.1) is 0 Å². The van der Waals surface area contributed by atoms with Gasteiger partial charge in [0, 0.05) is 12.6 Å². The van der Waals surface area contributed by atoms with Crippen LogP contribution in [0.3, 0.4) is 0 Å². The van der Waals surface area contributed by atoms with E-state index < -0.39 is 23.8 Å². The lowest BCUT2D eigenvalue weighted by atomic mass is 10.3. The van der Waals surface area contributed by atoms with E-state index in [4.69, 9.17) is 5.11 Å². The summed E-state index contributed by atoms with van der Waals surface area (Å²) >= 11 is 0. The van der Waals surface area contributed by atoms with E-state index in [1.807, 2.05) is 0 Å². The van der Waals surface area contributed by atoms with Gasteiger partial charge in [-0.1, -0.05) is 0 Å². The number of urea groups is 1. The molecule has 19 heavy (non-hydrogen) atoms. The highest BCUT2D eigenvalue weighted by molar-refractivity contribution is 6.02. The van der Waals surface area contributed by atoms with Gasteiger partial charge in [0.15, 0.2) is 0 Å². The average Bonchev–Trinajstić information content (AvgIpc) is 3.11. The van der Waals surface area contributed by atoms with Crippen LogP contribution < -0.4 is 5.32 Å². The molecular formula is C11H15N3O5. The van der Waals surface area contributed by atoms with Crippen molar-refractivity contribution in [3.8, 4) is 0 Å². The number of amides is 4. The summed E-state index contributed by atoms with van der Waals surface area (Å²) in [6.07, 6.45) is 1.52. The van der Waals surface area contributed by atoms with Crippen LogP contribution in [-0.4, -0.2) is 64.4 Å². The molecule has 104 valence electrons. The average molecular weight is 269 g/mol. The Morgan fingerprint density at radius 2 is 1.84 bits per heavy atom. The molecule has 0 aromatic rings. The second-order valence-electron chi connectivity index (χ2n) is 4.68. The van der Waals surface area contributed by atoms with Crippen LogP contribution in [0.25, 0.3) is 0 Å². The van der Waals surface area contributed by atoms with E-state index >= 15 is 0 Å². The fourth-order valence-electron chi connectivity index (χ4n) is 1.99. The van der Waals surface area contributed by atoms with Gasteiger partial charge in [-0.3, -0.25) is 19.7 Å². The first-order chi connectivity index (χ1) is 8.97. The first-order valence-corrected chi connectivity index (χ1v) is 6.07. The van der Waals surface area contributed by atoms with Gasteiger partial charge in [-0.2, -0.15) is 0 Å². The van der Waals surface area contributed by atoms with Crippen molar-refractivity contribution in [3.63, 3.8) is 0 Å². The number of carboxylic acids is 1. The largest absolute Gasteiger partial charge is 0.481 e. The Morgan fingerprint density at radius 3 is 2.32 bits per heavy atom. The number of nitrogens with one attached hydrogen (secondary N) is 1. The molecule has 2 aliphatic rings. The molecule has 0 radical (unpaired) electrons. The molecule has 0 atom stereocenters. The molecule has 1 heterocycles. The molecule has 2 fully saturated rings. The van der Waals surface area contributed by atoms with Crippen molar-refractivity contribution in [2.75, 3.05) is 19.6 Å². The Labute approximate surface area is 109 Å². The predicted molar refractivity (Wildman–Crippen MR) is 62.1 cm³/mol. The van der Waals surface area contributed by atoms with Crippen LogP contribution in [-0.2, 0) is 14.4 Å². The molecule has 0 aromatic heterocycles. The molecule has 1 aliphatic carbocycles. The number of carbonyl (C=O) groups excluding carboxylic acids is 3. The van der Waals surface area contributed by atoms with Crippen molar-refractivity contribution in [2.24, 2.45) is 0 Å². The van der Waals surface area contributed by atoms with Crippen LogP contribution in [0.2, 0.25) is 0 Å². The SMILES string of the molecule is O=C(O)CCN(C(=O)N1CC(=O)NC(=O)C1)C1CC1. The maximum atomic E-state index is 12.2. The van der Waals surface area contributed by atoms with Crippen molar-refractivity contribution >= 4 is 23.8 Å². The minimum absolute atomic E-state index is 0.0342. The molecule has 0 bridgehead atoms. The van der Waals surface area contributed by atoms with Gasteiger partial charge in [0.05, 0.1) is 6.42 Å². The predicted octanol–water partition coefficient (Wildman–Crippen LogP) is -0.996. The number of hydrogen-bond donors (Lipinski definition) is 2. The zero-order valence-corrected chi connectivity index (χ0v) is 10.3. The second kappa shape index (κ2) is 5.25. The maximum absolute atomic E-state index is 12.2. The van der Waals surface area contributed by atoms with Gasteiger partial charge in [-0.05, 0) is 12.8 Å². The van der Waals surface area contributed by atoms with Crippen molar-refractivity contribution < 1.29 is 24.3 Å². The van der Waals surface area contributed by atoms with Crippen molar-refractivity contribution in [1.82, 2.24) is 15.1 Å². The number of carbonyl (C=O) groups is 4. The van der Waals surface area contributed by atoms with Gasteiger partial charge >= 0.3 is 12.0 Å². The molecular weight excluding hydrogens is 254 g/mol. The third-order valence-electron chi connectivity index (χ3n) is 3.02. The Balaban J connectivity index is 2.00. The topological polar surface area (TPSA) is 107 Å². The lowest BCUT2D eigenvalue weighted by Crippen LogP contribution is -2.57. The molecule has 2 N–H and O–H groups in total. The zero-order valence-electron chi connectivity index (χ0n) is 10.3. The van der Waals surface area contributed by atoms with E-state index in [0.717, 1.165) is 17.7 Å². The van der Waals surface area contributed by atoms with E-state index in [9.17, 15) is 19.2 Å². The highest BCUT2D eigenvalue weighted by Gasteiger charge is 2.37. The standard InChI is InChI=1S/C11H15N3O5/c15-8-5-13(6-9(16)12-8)11(19)14(7-1-2-7)4-3-10(17)18/h7H,1-6H2,(H,17,18)(H,12,15,16). The van der Waals surface area contributed by atoms with Crippen LogP contribution in [0.15, 0.2) is 0 Å². The van der Waals surface area contributed by atoms with Crippen molar-refractivity contribution in [3.05, 3.63) is 0 Å². The van der Waals surface area contributed by atoms with E-state index in [-0.39, 0.29) is 32.1 Å². The maximum Gasteiger partial charge on any atom is 0.321 e. The number of aliphatic carboxylic acids is 1. The number of nitrogens with zero attached hydrogens (tertiary/aromatic N) is 2. The van der Waals surface area contributed by atoms with Gasteiger partial charge in [0.2, 0.25) is 11.8 Å². The quantitative estimate of drug-likeness (QED) is 0.637. The number of imide groups is 1. The molecule has 0 unspecified atom stereocenters. The second-order valence-corrected chi connectivity index (χ2v) is 4.68. The molecule has 4 amide bonds. The summed E-state index contributed by atoms with van der Waals surface area (Å²) in [5, 5.41) is 10.8. The lowest BCUT2D eigenvalue weighted by molar-refractivity contribution is -0.138. The summed E-state index contributed by atoms with van der Waals surface area (Å²) in [5.74, 6) is -2.01. The molecule has 1 saturated heterocycles. The fourth-order valence-corrected chi connectivity index (χ4v) is 1.99. The van der Waals surface area contributed by atoms with Crippen LogP contribution in [0.4, 0.5) is 4.79 Å². The minimum Gasteiger partial charge on any atom is -0.481 e. The minimum atomic E-state index is -0.981. The molecule has 0 spiro atoms. The fraction of sp³-hybridized carbons (Fsp3) is 0.636. The van der Waals surface area contributed by atoms with Gasteiger partial charge in [-0.25, -0.2) is 4.79 Å². The number of hydrogen-bond acceptors (Lipinski definition) is 4. The first kappa shape index (κ1) is 13.3. The normalized spacial score (nSPS) is 19.1. The zero-order chi connectivity index (χ0) is 14.0. The van der Waals surface area contributed by atoms with Crippen LogP contribution in [0.1, 0.15) is 19.3 Å². The van der Waals surface area contributed by atoms with E-state index in [1.54, 1.807) is 0 Å². The highest BCUT2D eigenvalue weighted by atomic mass is 16.4. The third-order valence-corrected chi connectivity index (χ3v) is 3.02. The van der Waals surface area contributed by atoms with Gasteiger partial charge < -0.3 is 14.9 Å². The van der Waals surface area contributed by atoms with E-state index in [2.05, 4.69) is 5.32 Å². The third kappa shape index (κ3) is 3.43. The summed E-state index contributed by atoms with van der Waals surface area (Å²) in [6, 6.07) is -0.404. The number of piperazine rings is 1. The smallest absolute Gasteiger partial charge is 0.321 e. The van der Waals surface area contributed by atoms with Gasteiger partial charge in [0.25, 0.3) is 0 Å². The van der Waals surface area contributed by atoms with E-state index in [1.165, 1.54) is 4.90 Å². The highest BCUT2D eigenvalue weighted by Crippen LogP contribution is 2.28. The number of rotatable bonds is 4. The van der Waals surface area contributed by atoms with E-state index in [0.29, 0.717) is 0 Å².